The Labute approximate surface area is 126 Å². The average molecular weight is 308 g/mol. The molecule has 0 saturated carbocycles. The van der Waals surface area contributed by atoms with Crippen LogP contribution >= 0.6 is 11.6 Å². The van der Waals surface area contributed by atoms with Gasteiger partial charge in [-0.25, -0.2) is 0 Å². The third-order valence-corrected chi connectivity index (χ3v) is 3.20. The first-order valence-corrected chi connectivity index (χ1v) is 6.69. The first-order valence-electron chi connectivity index (χ1n) is 6.31. The third kappa shape index (κ3) is 3.93. The highest BCUT2D eigenvalue weighted by Crippen LogP contribution is 2.29. The van der Waals surface area contributed by atoms with E-state index in [2.05, 4.69) is 0 Å². The molecule has 0 aromatic heterocycles. The predicted molar refractivity (Wildman–Crippen MR) is 79.5 cm³/mol. The zero-order chi connectivity index (χ0) is 15.4. The van der Waals surface area contributed by atoms with Crippen molar-refractivity contribution in [1.82, 2.24) is 0 Å². The molecule has 0 aliphatic rings. The van der Waals surface area contributed by atoms with Crippen LogP contribution in [0.1, 0.15) is 24.2 Å². The van der Waals surface area contributed by atoms with Gasteiger partial charge in [-0.3, -0.25) is 10.1 Å². The number of nitro benzene ring substituents is 1. The summed E-state index contributed by atoms with van der Waals surface area (Å²) in [6, 6.07) is 11.1. The standard InChI is InChI=1S/C15H14ClNO4/c1-10(18)14-8-12(16)4-7-15(14)21-9-11-2-5-13(6-3-11)17(19)20/h2-8,10,18H,9H2,1H3/t10-/m1/s1. The van der Waals surface area contributed by atoms with Crippen molar-refractivity contribution in [2.75, 3.05) is 0 Å². The van der Waals surface area contributed by atoms with Crippen LogP contribution in [0, 0.1) is 10.1 Å². The molecular formula is C15H14ClNO4. The fourth-order valence-corrected chi connectivity index (χ4v) is 2.03. The minimum atomic E-state index is -0.699. The van der Waals surface area contributed by atoms with E-state index in [4.69, 9.17) is 16.3 Å². The third-order valence-electron chi connectivity index (χ3n) is 2.96. The van der Waals surface area contributed by atoms with Gasteiger partial charge in [0.25, 0.3) is 5.69 Å². The lowest BCUT2D eigenvalue weighted by Crippen LogP contribution is -2.01. The number of nitrogens with zero attached hydrogens (tertiary/aromatic N) is 1. The van der Waals surface area contributed by atoms with E-state index in [1.165, 1.54) is 12.1 Å². The molecule has 0 radical (unpaired) electrons. The van der Waals surface area contributed by atoms with Crippen LogP contribution in [0.15, 0.2) is 42.5 Å². The molecular weight excluding hydrogens is 294 g/mol. The summed E-state index contributed by atoms with van der Waals surface area (Å²) in [5.41, 5.74) is 1.44. The van der Waals surface area contributed by atoms with Crippen molar-refractivity contribution in [3.63, 3.8) is 0 Å². The number of nitro groups is 1. The predicted octanol–water partition coefficient (Wildman–Crippen LogP) is 3.88. The Morgan fingerprint density at radius 1 is 1.29 bits per heavy atom. The zero-order valence-corrected chi connectivity index (χ0v) is 12.1. The van der Waals surface area contributed by atoms with Gasteiger partial charge < -0.3 is 9.84 Å². The van der Waals surface area contributed by atoms with Gasteiger partial charge in [-0.15, -0.1) is 0 Å². The first-order chi connectivity index (χ1) is 9.97. The second kappa shape index (κ2) is 6.56. The number of halogens is 1. The molecule has 21 heavy (non-hydrogen) atoms. The molecule has 110 valence electrons. The van der Waals surface area contributed by atoms with Crippen molar-refractivity contribution in [3.05, 3.63) is 68.7 Å². The molecule has 0 amide bonds. The largest absolute Gasteiger partial charge is 0.489 e. The molecule has 0 aliphatic carbocycles. The van der Waals surface area contributed by atoms with Crippen molar-refractivity contribution in [3.8, 4) is 5.75 Å². The van der Waals surface area contributed by atoms with Crippen molar-refractivity contribution in [2.24, 2.45) is 0 Å². The van der Waals surface area contributed by atoms with Crippen molar-refractivity contribution in [1.29, 1.82) is 0 Å². The van der Waals surface area contributed by atoms with E-state index in [1.807, 2.05) is 0 Å². The van der Waals surface area contributed by atoms with Gasteiger partial charge in [0.2, 0.25) is 0 Å². The summed E-state index contributed by atoms with van der Waals surface area (Å²) in [5, 5.41) is 20.8. The Hall–Kier alpha value is -2.11. The van der Waals surface area contributed by atoms with Gasteiger partial charge in [0, 0.05) is 22.7 Å². The molecule has 0 unspecified atom stereocenters. The summed E-state index contributed by atoms with van der Waals surface area (Å²) >= 11 is 5.89. The lowest BCUT2D eigenvalue weighted by molar-refractivity contribution is -0.384. The fourth-order valence-electron chi connectivity index (χ4n) is 1.85. The molecule has 0 heterocycles. The van der Waals surface area contributed by atoms with Gasteiger partial charge in [-0.05, 0) is 42.8 Å². The van der Waals surface area contributed by atoms with E-state index >= 15 is 0 Å². The molecule has 2 rings (SSSR count). The van der Waals surface area contributed by atoms with Gasteiger partial charge in [0.1, 0.15) is 12.4 Å². The number of hydrogen-bond acceptors (Lipinski definition) is 4. The van der Waals surface area contributed by atoms with E-state index in [-0.39, 0.29) is 12.3 Å². The SMILES string of the molecule is C[C@@H](O)c1cc(Cl)ccc1OCc1ccc([N+](=O)[O-])cc1. The summed E-state index contributed by atoms with van der Waals surface area (Å²) in [4.78, 5) is 10.1. The number of ether oxygens (including phenoxy) is 1. The molecule has 0 aliphatic heterocycles. The maximum Gasteiger partial charge on any atom is 0.269 e. The first kappa shape index (κ1) is 15.3. The van der Waals surface area contributed by atoms with E-state index in [0.29, 0.717) is 16.3 Å². The van der Waals surface area contributed by atoms with Gasteiger partial charge in [-0.2, -0.15) is 0 Å². The quantitative estimate of drug-likeness (QED) is 0.672. The van der Waals surface area contributed by atoms with Crippen molar-refractivity contribution >= 4 is 17.3 Å². The normalized spacial score (nSPS) is 12.0. The molecule has 0 spiro atoms. The molecule has 6 heteroatoms. The highest BCUT2D eigenvalue weighted by Gasteiger charge is 2.11. The second-order valence-electron chi connectivity index (χ2n) is 4.57. The van der Waals surface area contributed by atoms with Crippen LogP contribution in [0.3, 0.4) is 0 Å². The number of aliphatic hydroxyl groups is 1. The smallest absolute Gasteiger partial charge is 0.269 e. The molecule has 0 fully saturated rings. The molecule has 1 N–H and O–H groups in total. The molecule has 1 atom stereocenters. The minimum absolute atomic E-state index is 0.0370. The number of hydrogen-bond donors (Lipinski definition) is 1. The number of aliphatic hydroxyl groups excluding tert-OH is 1. The summed E-state index contributed by atoms with van der Waals surface area (Å²) in [6.45, 7) is 1.88. The Morgan fingerprint density at radius 3 is 2.52 bits per heavy atom. The zero-order valence-electron chi connectivity index (χ0n) is 11.3. The van der Waals surface area contributed by atoms with E-state index in [0.717, 1.165) is 5.56 Å². The molecule has 0 saturated heterocycles. The Balaban J connectivity index is 2.11. The van der Waals surface area contributed by atoms with Gasteiger partial charge in [0.05, 0.1) is 11.0 Å². The summed E-state index contributed by atoms with van der Waals surface area (Å²) in [7, 11) is 0. The number of benzene rings is 2. The highest BCUT2D eigenvalue weighted by molar-refractivity contribution is 6.30. The lowest BCUT2D eigenvalue weighted by atomic mass is 10.1. The summed E-state index contributed by atoms with van der Waals surface area (Å²) in [6.07, 6.45) is -0.699. The topological polar surface area (TPSA) is 72.6 Å². The lowest BCUT2D eigenvalue weighted by Gasteiger charge is -2.13. The Bertz CT molecular complexity index is 641. The average Bonchev–Trinajstić information content (AvgIpc) is 2.46. The Kier molecular flexibility index (Phi) is 4.77. The highest BCUT2D eigenvalue weighted by atomic mass is 35.5. The molecule has 2 aromatic rings. The minimum Gasteiger partial charge on any atom is -0.489 e. The number of non-ortho nitro benzene ring substituents is 1. The number of rotatable bonds is 5. The van der Waals surface area contributed by atoms with Crippen molar-refractivity contribution in [2.45, 2.75) is 19.6 Å². The summed E-state index contributed by atoms with van der Waals surface area (Å²) in [5.74, 6) is 0.535. The Morgan fingerprint density at radius 2 is 1.95 bits per heavy atom. The van der Waals surface area contributed by atoms with E-state index in [9.17, 15) is 15.2 Å². The van der Waals surface area contributed by atoms with Crippen LogP contribution in [0.5, 0.6) is 5.75 Å². The molecule has 0 bridgehead atoms. The maximum absolute atomic E-state index is 10.6. The maximum atomic E-state index is 10.6. The van der Waals surface area contributed by atoms with Gasteiger partial charge in [0.15, 0.2) is 0 Å². The molecule has 5 nitrogen and oxygen atoms in total. The van der Waals surface area contributed by atoms with E-state index in [1.54, 1.807) is 37.3 Å². The monoisotopic (exact) mass is 307 g/mol. The fraction of sp³-hybridized carbons (Fsp3) is 0.200. The van der Waals surface area contributed by atoms with Crippen LogP contribution in [0.4, 0.5) is 5.69 Å². The van der Waals surface area contributed by atoms with Crippen LogP contribution in [0.2, 0.25) is 5.02 Å². The molecule has 2 aromatic carbocycles. The van der Waals surface area contributed by atoms with Gasteiger partial charge in [-0.1, -0.05) is 11.6 Å². The van der Waals surface area contributed by atoms with Gasteiger partial charge >= 0.3 is 0 Å². The van der Waals surface area contributed by atoms with Crippen molar-refractivity contribution < 1.29 is 14.8 Å². The van der Waals surface area contributed by atoms with Crippen LogP contribution in [-0.2, 0) is 6.61 Å². The van der Waals surface area contributed by atoms with Crippen LogP contribution < -0.4 is 4.74 Å². The van der Waals surface area contributed by atoms with E-state index < -0.39 is 11.0 Å². The van der Waals surface area contributed by atoms with Crippen LogP contribution in [0.25, 0.3) is 0 Å². The summed E-state index contributed by atoms with van der Waals surface area (Å²) < 4.78 is 5.65. The van der Waals surface area contributed by atoms with Crippen LogP contribution in [-0.4, -0.2) is 10.0 Å². The second-order valence-corrected chi connectivity index (χ2v) is 5.01.